The van der Waals surface area contributed by atoms with Crippen LogP contribution in [-0.2, 0) is 4.79 Å². The number of rotatable bonds is 5. The van der Waals surface area contributed by atoms with Crippen LogP contribution in [0.1, 0.15) is 11.1 Å². The quantitative estimate of drug-likeness (QED) is 0.185. The zero-order valence-corrected chi connectivity index (χ0v) is 18.1. The first kappa shape index (κ1) is 20.6. The van der Waals surface area contributed by atoms with E-state index >= 15 is 0 Å². The summed E-state index contributed by atoms with van der Waals surface area (Å²) in [4.78, 5) is 26.8. The minimum absolute atomic E-state index is 0.559. The molecule has 31 heavy (non-hydrogen) atoms. The Balaban J connectivity index is 1.69. The number of aliphatic imine (C=N–C) groups is 1. The molecule has 6 heteroatoms. The molecule has 0 fully saturated rings. The Labute approximate surface area is 185 Å². The lowest BCUT2D eigenvalue weighted by Crippen LogP contribution is -2.23. The predicted octanol–water partition coefficient (Wildman–Crippen LogP) is 5.97. The number of nitrogens with one attached hydrogen (secondary N) is 1. The van der Waals surface area contributed by atoms with Gasteiger partial charge in [0.25, 0.3) is 0 Å². The molecule has 2 aromatic carbocycles. The van der Waals surface area contributed by atoms with Gasteiger partial charge in [-0.15, -0.1) is 0 Å². The van der Waals surface area contributed by atoms with E-state index in [0.29, 0.717) is 15.9 Å². The molecule has 2 heterocycles. The first-order valence-corrected chi connectivity index (χ1v) is 10.7. The maximum atomic E-state index is 11.9. The number of aldehydes is 1. The van der Waals surface area contributed by atoms with Crippen molar-refractivity contribution in [1.82, 2.24) is 9.97 Å². The van der Waals surface area contributed by atoms with Gasteiger partial charge in [-0.3, -0.25) is 4.79 Å². The number of anilines is 1. The molecule has 0 amide bonds. The summed E-state index contributed by atoms with van der Waals surface area (Å²) >= 11 is 1.32. The van der Waals surface area contributed by atoms with Crippen LogP contribution in [0.25, 0.3) is 17.0 Å². The highest BCUT2D eigenvalue weighted by Crippen LogP contribution is 2.27. The van der Waals surface area contributed by atoms with Gasteiger partial charge in [-0.05, 0) is 77.7 Å². The normalized spacial score (nSPS) is 12.2. The highest BCUT2D eigenvalue weighted by Gasteiger charge is 2.13. The third kappa shape index (κ3) is 5.10. The highest BCUT2D eigenvalue weighted by molar-refractivity contribution is 8.18. The second-order valence-corrected chi connectivity index (χ2v) is 8.11. The van der Waals surface area contributed by atoms with Crippen LogP contribution in [0.2, 0.25) is 0 Å². The van der Waals surface area contributed by atoms with Gasteiger partial charge in [0, 0.05) is 30.6 Å². The Morgan fingerprint density at radius 3 is 2.68 bits per heavy atom. The van der Waals surface area contributed by atoms with Gasteiger partial charge in [0.05, 0.1) is 4.91 Å². The number of fused-ring (bicyclic) bond motifs is 1. The number of thioether (sulfide) groups is 1. The van der Waals surface area contributed by atoms with Crippen LogP contribution in [0, 0.1) is 6.92 Å². The number of carbonyl (C=O) groups excluding carboxylic acids is 1. The average molecular weight is 427 g/mol. The molecule has 0 aliphatic carbocycles. The number of pyridine rings is 1. The minimum atomic E-state index is 0.559. The Morgan fingerprint density at radius 1 is 1.10 bits per heavy atom. The average Bonchev–Trinajstić information content (AvgIpc) is 3.27. The summed E-state index contributed by atoms with van der Waals surface area (Å²) in [5.74, 6) is 0.592. The van der Waals surface area contributed by atoms with Crippen LogP contribution in [0.3, 0.4) is 0 Å². The van der Waals surface area contributed by atoms with Crippen molar-refractivity contribution in [2.75, 3.05) is 11.9 Å². The van der Waals surface area contributed by atoms with Crippen molar-refractivity contribution in [2.45, 2.75) is 6.92 Å². The number of nitrogens with zero attached hydrogens (tertiary/aromatic N) is 3. The number of H-pyrrole nitrogens is 1. The molecule has 0 atom stereocenters. The summed E-state index contributed by atoms with van der Waals surface area (Å²) in [5.41, 5.74) is 4.06. The standard InChI is InChI=1S/C25H22N4OS/c1-18-8-11-24(27-16-18)28-25(29(2)21-6-4-3-5-7-21)31-22(17-30)15-19-9-10-23-20(14-19)12-13-26-23/h3-17,26H,1-2H3/b22-15-,28-25?. The van der Waals surface area contributed by atoms with Gasteiger partial charge in [0.2, 0.25) is 0 Å². The van der Waals surface area contributed by atoms with Crippen molar-refractivity contribution in [1.29, 1.82) is 0 Å². The fraction of sp³-hybridized carbons (Fsp3) is 0.0800. The predicted molar refractivity (Wildman–Crippen MR) is 131 cm³/mol. The lowest BCUT2D eigenvalue weighted by atomic mass is 10.1. The second-order valence-electron chi connectivity index (χ2n) is 7.07. The van der Waals surface area contributed by atoms with E-state index in [1.54, 1.807) is 6.20 Å². The molecule has 5 nitrogen and oxygen atoms in total. The van der Waals surface area contributed by atoms with E-state index < -0.39 is 0 Å². The number of aromatic nitrogens is 2. The molecular formula is C25H22N4OS. The molecular weight excluding hydrogens is 404 g/mol. The molecule has 0 aliphatic heterocycles. The van der Waals surface area contributed by atoms with Crippen molar-refractivity contribution in [3.8, 4) is 0 Å². The van der Waals surface area contributed by atoms with Crippen molar-refractivity contribution < 1.29 is 4.79 Å². The molecule has 0 unspecified atom stereocenters. The molecule has 154 valence electrons. The molecule has 0 bridgehead atoms. The Morgan fingerprint density at radius 2 is 1.94 bits per heavy atom. The summed E-state index contributed by atoms with van der Waals surface area (Å²) in [6.07, 6.45) is 6.43. The number of hydrogen-bond donors (Lipinski definition) is 1. The Bertz CT molecular complexity index is 1240. The zero-order chi connectivity index (χ0) is 21.6. The molecule has 0 saturated heterocycles. The summed E-state index contributed by atoms with van der Waals surface area (Å²) in [7, 11) is 1.93. The highest BCUT2D eigenvalue weighted by atomic mass is 32.2. The molecule has 0 aliphatic rings. The van der Waals surface area contributed by atoms with Crippen LogP contribution < -0.4 is 4.90 Å². The molecule has 4 aromatic rings. The maximum absolute atomic E-state index is 11.9. The molecule has 0 saturated carbocycles. The first-order chi connectivity index (χ1) is 15.1. The van der Waals surface area contributed by atoms with Crippen molar-refractivity contribution in [3.63, 3.8) is 0 Å². The lowest BCUT2D eigenvalue weighted by Gasteiger charge is -2.20. The van der Waals surface area contributed by atoms with Gasteiger partial charge >= 0.3 is 0 Å². The summed E-state index contributed by atoms with van der Waals surface area (Å²) < 4.78 is 0. The van der Waals surface area contributed by atoms with Crippen LogP contribution in [0.15, 0.2) is 89.0 Å². The maximum Gasteiger partial charge on any atom is 0.175 e. The number of aryl methyl sites for hydroxylation is 1. The Kier molecular flexibility index (Phi) is 6.29. The van der Waals surface area contributed by atoms with Crippen molar-refractivity contribution in [3.05, 3.63) is 95.2 Å². The van der Waals surface area contributed by atoms with Crippen LogP contribution in [-0.4, -0.2) is 28.5 Å². The smallest absolute Gasteiger partial charge is 0.175 e. The topological polar surface area (TPSA) is 61.4 Å². The SMILES string of the molecule is Cc1ccc(N=C(S/C(C=O)=C\c2ccc3[nH]ccc3c2)N(C)c2ccccc2)nc1. The van der Waals surface area contributed by atoms with Gasteiger partial charge in [0.1, 0.15) is 0 Å². The number of allylic oxidation sites excluding steroid dienone is 1. The van der Waals surface area contributed by atoms with Crippen LogP contribution in [0.4, 0.5) is 11.5 Å². The Hall–Kier alpha value is -3.64. The number of hydrogen-bond acceptors (Lipinski definition) is 4. The van der Waals surface area contributed by atoms with E-state index in [2.05, 4.69) is 16.0 Å². The van der Waals surface area contributed by atoms with E-state index in [4.69, 9.17) is 4.99 Å². The molecule has 0 spiro atoms. The van der Waals surface area contributed by atoms with Gasteiger partial charge in [0.15, 0.2) is 17.3 Å². The summed E-state index contributed by atoms with van der Waals surface area (Å²) in [6, 6.07) is 21.8. The lowest BCUT2D eigenvalue weighted by molar-refractivity contribution is -0.104. The fourth-order valence-electron chi connectivity index (χ4n) is 3.07. The number of benzene rings is 2. The van der Waals surface area contributed by atoms with Crippen LogP contribution >= 0.6 is 11.8 Å². The third-order valence-corrected chi connectivity index (χ3v) is 5.75. The molecule has 1 N–H and O–H groups in total. The van der Waals surface area contributed by atoms with E-state index in [-0.39, 0.29) is 0 Å². The van der Waals surface area contributed by atoms with Crippen LogP contribution in [0.5, 0.6) is 0 Å². The van der Waals surface area contributed by atoms with Gasteiger partial charge in [-0.1, -0.05) is 30.3 Å². The molecule has 0 radical (unpaired) electrons. The summed E-state index contributed by atoms with van der Waals surface area (Å²) in [5, 5.41) is 1.76. The third-order valence-electron chi connectivity index (χ3n) is 4.75. The number of carbonyl (C=O) groups is 1. The van der Waals surface area contributed by atoms with E-state index in [1.807, 2.05) is 91.8 Å². The van der Waals surface area contributed by atoms with E-state index in [9.17, 15) is 4.79 Å². The van der Waals surface area contributed by atoms with Gasteiger partial charge < -0.3 is 9.88 Å². The van der Waals surface area contributed by atoms with Crippen molar-refractivity contribution >= 4 is 51.7 Å². The van der Waals surface area contributed by atoms with E-state index in [1.165, 1.54) is 11.8 Å². The second kappa shape index (κ2) is 9.45. The monoisotopic (exact) mass is 426 g/mol. The number of para-hydroxylation sites is 1. The first-order valence-electron chi connectivity index (χ1n) is 9.84. The van der Waals surface area contributed by atoms with Gasteiger partial charge in [-0.25, -0.2) is 9.98 Å². The van der Waals surface area contributed by atoms with Gasteiger partial charge in [-0.2, -0.15) is 0 Å². The largest absolute Gasteiger partial charge is 0.361 e. The number of aromatic amines is 1. The van der Waals surface area contributed by atoms with E-state index in [0.717, 1.165) is 34.0 Å². The molecule has 2 aromatic heterocycles. The summed E-state index contributed by atoms with van der Waals surface area (Å²) in [6.45, 7) is 1.99. The minimum Gasteiger partial charge on any atom is -0.361 e. The zero-order valence-electron chi connectivity index (χ0n) is 17.3. The number of amidine groups is 1. The van der Waals surface area contributed by atoms with Crippen molar-refractivity contribution in [2.24, 2.45) is 4.99 Å². The molecule has 4 rings (SSSR count). The fourth-order valence-corrected chi connectivity index (χ4v) is 3.91.